The van der Waals surface area contributed by atoms with Crippen LogP contribution in [0.3, 0.4) is 0 Å². The molecule has 0 aliphatic rings. The number of hydrogen-bond donors (Lipinski definition) is 2. The lowest BCUT2D eigenvalue weighted by Gasteiger charge is -2.09. The summed E-state index contributed by atoms with van der Waals surface area (Å²) in [6, 6.07) is 4.05. The van der Waals surface area contributed by atoms with E-state index in [4.69, 9.17) is 4.52 Å². The summed E-state index contributed by atoms with van der Waals surface area (Å²) in [5.41, 5.74) is 2.22. The maximum atomic E-state index is 5.21. The predicted octanol–water partition coefficient (Wildman–Crippen LogP) is 2.78. The number of hydrogen-bond acceptors (Lipinski definition) is 4. The molecule has 0 aliphatic carbocycles. The Balaban J connectivity index is 0.00000200. The monoisotopic (exact) mass is 406 g/mol. The lowest BCUT2D eigenvalue weighted by molar-refractivity contribution is 0.374. The summed E-state index contributed by atoms with van der Waals surface area (Å²) >= 11 is 1.69. The van der Waals surface area contributed by atoms with Crippen LogP contribution in [0.2, 0.25) is 0 Å². The van der Waals surface area contributed by atoms with Gasteiger partial charge in [0.1, 0.15) is 0 Å². The Kier molecular flexibility index (Phi) is 7.60. The highest BCUT2D eigenvalue weighted by Crippen LogP contribution is 2.05. The Labute approximate surface area is 139 Å². The molecule has 20 heavy (non-hydrogen) atoms. The molecule has 0 saturated carbocycles. The molecule has 0 amide bonds. The summed E-state index contributed by atoms with van der Waals surface area (Å²) in [5.74, 6) is 1.57. The smallest absolute Gasteiger partial charge is 0.191 e. The van der Waals surface area contributed by atoms with Crippen molar-refractivity contribution in [3.63, 3.8) is 0 Å². The Morgan fingerprint density at radius 1 is 1.40 bits per heavy atom. The van der Waals surface area contributed by atoms with E-state index in [-0.39, 0.29) is 24.0 Å². The van der Waals surface area contributed by atoms with E-state index in [1.165, 1.54) is 5.56 Å². The van der Waals surface area contributed by atoms with Crippen LogP contribution in [-0.4, -0.2) is 18.2 Å². The first-order chi connectivity index (χ1) is 9.31. The van der Waals surface area contributed by atoms with E-state index in [1.54, 1.807) is 18.4 Å². The van der Waals surface area contributed by atoms with Crippen LogP contribution in [0.25, 0.3) is 0 Å². The molecule has 7 heteroatoms. The van der Waals surface area contributed by atoms with Crippen molar-refractivity contribution in [1.29, 1.82) is 0 Å². The molecule has 0 aliphatic heterocycles. The number of halogens is 1. The zero-order valence-electron chi connectivity index (χ0n) is 11.5. The van der Waals surface area contributed by atoms with Gasteiger partial charge in [0.2, 0.25) is 0 Å². The molecule has 0 spiro atoms. The largest absolute Gasteiger partial charge is 0.359 e. The van der Waals surface area contributed by atoms with Crippen molar-refractivity contribution >= 4 is 41.3 Å². The molecule has 0 unspecified atom stereocenters. The molecule has 2 rings (SSSR count). The van der Waals surface area contributed by atoms with Gasteiger partial charge in [-0.2, -0.15) is 11.3 Å². The minimum atomic E-state index is 0. The number of guanidine groups is 1. The van der Waals surface area contributed by atoms with Gasteiger partial charge in [-0.15, -0.1) is 24.0 Å². The van der Waals surface area contributed by atoms with Crippen LogP contribution in [0.1, 0.15) is 23.9 Å². The lowest BCUT2D eigenvalue weighted by Crippen LogP contribution is -2.36. The van der Waals surface area contributed by atoms with E-state index in [0.717, 1.165) is 30.4 Å². The molecule has 0 aromatic carbocycles. The molecule has 0 bridgehead atoms. The summed E-state index contributed by atoms with van der Waals surface area (Å²) in [4.78, 5) is 4.17. The van der Waals surface area contributed by atoms with E-state index in [0.29, 0.717) is 6.54 Å². The zero-order valence-corrected chi connectivity index (χ0v) is 14.7. The first-order valence-corrected chi connectivity index (χ1v) is 7.16. The average molecular weight is 406 g/mol. The maximum absolute atomic E-state index is 5.21. The summed E-state index contributed by atoms with van der Waals surface area (Å²) in [5, 5.41) is 14.6. The van der Waals surface area contributed by atoms with Crippen molar-refractivity contribution < 1.29 is 4.52 Å². The van der Waals surface area contributed by atoms with Gasteiger partial charge in [0, 0.05) is 19.7 Å². The first-order valence-electron chi connectivity index (χ1n) is 6.22. The number of thiophene rings is 1. The van der Waals surface area contributed by atoms with E-state index in [2.05, 4.69) is 44.5 Å². The molecule has 0 atom stereocenters. The van der Waals surface area contributed by atoms with Gasteiger partial charge in [0.05, 0.1) is 12.2 Å². The molecule has 0 fully saturated rings. The number of nitrogens with zero attached hydrogens (tertiary/aromatic N) is 2. The quantitative estimate of drug-likeness (QED) is 0.456. The second-order valence-electron chi connectivity index (χ2n) is 4.05. The molecule has 2 aromatic rings. The highest BCUT2D eigenvalue weighted by Gasteiger charge is 2.04. The molecule has 2 N–H and O–H groups in total. The van der Waals surface area contributed by atoms with Crippen molar-refractivity contribution in [2.24, 2.45) is 4.99 Å². The fourth-order valence-corrected chi connectivity index (χ4v) is 2.24. The third-order valence-corrected chi connectivity index (χ3v) is 3.40. The van der Waals surface area contributed by atoms with Crippen LogP contribution in [0.5, 0.6) is 0 Å². The fraction of sp³-hybridized carbons (Fsp3) is 0.385. The van der Waals surface area contributed by atoms with Crippen molar-refractivity contribution in [1.82, 2.24) is 15.8 Å². The molecular weight excluding hydrogens is 387 g/mol. The van der Waals surface area contributed by atoms with Gasteiger partial charge in [-0.1, -0.05) is 12.1 Å². The second kappa shape index (κ2) is 8.96. The molecule has 0 saturated heterocycles. The average Bonchev–Trinajstić information content (AvgIpc) is 3.10. The highest BCUT2D eigenvalue weighted by molar-refractivity contribution is 14.0. The van der Waals surface area contributed by atoms with Crippen molar-refractivity contribution in [2.75, 3.05) is 7.05 Å². The fourth-order valence-electron chi connectivity index (χ4n) is 1.58. The molecule has 2 heterocycles. The number of rotatable bonds is 5. The Morgan fingerprint density at radius 3 is 2.80 bits per heavy atom. The number of aryl methyl sites for hydroxylation is 1. The van der Waals surface area contributed by atoms with E-state index >= 15 is 0 Å². The van der Waals surface area contributed by atoms with Crippen molar-refractivity contribution in [2.45, 2.75) is 26.4 Å². The Hall–Kier alpha value is -1.09. The van der Waals surface area contributed by atoms with Gasteiger partial charge in [-0.25, -0.2) is 0 Å². The molecule has 5 nitrogen and oxygen atoms in total. The summed E-state index contributed by atoms with van der Waals surface area (Å²) in [7, 11) is 1.75. The predicted molar refractivity (Wildman–Crippen MR) is 92.7 cm³/mol. The van der Waals surface area contributed by atoms with Crippen LogP contribution in [0, 0.1) is 0 Å². The van der Waals surface area contributed by atoms with Crippen LogP contribution in [0.4, 0.5) is 0 Å². The van der Waals surface area contributed by atoms with Gasteiger partial charge >= 0.3 is 0 Å². The van der Waals surface area contributed by atoms with Gasteiger partial charge < -0.3 is 15.2 Å². The lowest BCUT2D eigenvalue weighted by atomic mass is 10.3. The normalized spacial score (nSPS) is 11.0. The third-order valence-electron chi connectivity index (χ3n) is 2.66. The van der Waals surface area contributed by atoms with Gasteiger partial charge in [0.25, 0.3) is 0 Å². The second-order valence-corrected chi connectivity index (χ2v) is 4.83. The van der Waals surface area contributed by atoms with Crippen molar-refractivity contribution in [3.05, 3.63) is 39.9 Å². The van der Waals surface area contributed by atoms with Crippen molar-refractivity contribution in [3.8, 4) is 0 Å². The molecule has 2 aromatic heterocycles. The van der Waals surface area contributed by atoms with Gasteiger partial charge in [0.15, 0.2) is 11.7 Å². The number of aliphatic imine (C=N–C) groups is 1. The Bertz CT molecular complexity index is 524. The minimum absolute atomic E-state index is 0. The van der Waals surface area contributed by atoms with Gasteiger partial charge in [-0.05, 0) is 28.8 Å². The molecular formula is C13H19IN4OS. The maximum Gasteiger partial charge on any atom is 0.191 e. The Morgan fingerprint density at radius 2 is 2.20 bits per heavy atom. The zero-order chi connectivity index (χ0) is 13.5. The molecule has 110 valence electrons. The summed E-state index contributed by atoms with van der Waals surface area (Å²) in [6.45, 7) is 3.40. The van der Waals surface area contributed by atoms with Crippen LogP contribution in [-0.2, 0) is 19.5 Å². The summed E-state index contributed by atoms with van der Waals surface area (Å²) in [6.07, 6.45) is 0.884. The number of nitrogens with one attached hydrogen (secondary N) is 2. The van der Waals surface area contributed by atoms with Crippen LogP contribution < -0.4 is 10.6 Å². The minimum Gasteiger partial charge on any atom is -0.359 e. The van der Waals surface area contributed by atoms with E-state index < -0.39 is 0 Å². The SMILES string of the molecule is CCc1cc(CNC(=NC)NCc2ccsc2)on1.I. The van der Waals surface area contributed by atoms with Gasteiger partial charge in [-0.3, -0.25) is 4.99 Å². The standard InChI is InChI=1S/C13H18N4OS.HI/c1-3-11-6-12(18-17-11)8-16-13(14-2)15-7-10-4-5-19-9-10;/h4-6,9H,3,7-8H2,1-2H3,(H2,14,15,16);1H. The van der Waals surface area contributed by atoms with E-state index in [9.17, 15) is 0 Å². The highest BCUT2D eigenvalue weighted by atomic mass is 127. The topological polar surface area (TPSA) is 62.5 Å². The number of aromatic nitrogens is 1. The van der Waals surface area contributed by atoms with Crippen LogP contribution in [0.15, 0.2) is 32.4 Å². The van der Waals surface area contributed by atoms with Crippen LogP contribution >= 0.6 is 35.3 Å². The third kappa shape index (κ3) is 5.12. The molecule has 0 radical (unpaired) electrons. The first kappa shape index (κ1) is 17.0. The van der Waals surface area contributed by atoms with E-state index in [1.807, 2.05) is 6.07 Å². The summed E-state index contributed by atoms with van der Waals surface area (Å²) < 4.78 is 5.21.